The summed E-state index contributed by atoms with van der Waals surface area (Å²) in [5.41, 5.74) is 1.60. The molecule has 1 fully saturated rings. The number of nitrogens with zero attached hydrogens (tertiary/aromatic N) is 3. The molecule has 1 aliphatic heterocycles. The monoisotopic (exact) mass is 365 g/mol. The van der Waals surface area contributed by atoms with Gasteiger partial charge in [-0.05, 0) is 43.4 Å². The van der Waals surface area contributed by atoms with E-state index >= 15 is 0 Å². The Labute approximate surface area is 150 Å². The zero-order valence-corrected chi connectivity index (χ0v) is 15.2. The molecule has 0 atom stereocenters. The number of aromatic nitrogens is 2. The highest BCUT2D eigenvalue weighted by Gasteiger charge is 2.19. The number of amides is 2. The highest BCUT2D eigenvalue weighted by molar-refractivity contribution is 7.19. The van der Waals surface area contributed by atoms with Crippen LogP contribution in [0, 0.1) is 12.8 Å². The first-order valence-electron chi connectivity index (χ1n) is 7.94. The second-order valence-corrected chi connectivity index (χ2v) is 7.47. The fourth-order valence-electron chi connectivity index (χ4n) is 2.52. The molecule has 0 bridgehead atoms. The molecule has 24 heavy (non-hydrogen) atoms. The van der Waals surface area contributed by atoms with Gasteiger partial charge in [0.05, 0.1) is 0 Å². The first kappa shape index (κ1) is 17.0. The zero-order valence-electron chi connectivity index (χ0n) is 13.7. The minimum Gasteiger partial charge on any atom is -0.347 e. The number of rotatable bonds is 3. The number of carbonyl (C=O) groups is 1. The van der Waals surface area contributed by atoms with Crippen LogP contribution in [0.25, 0.3) is 0 Å². The molecule has 3 rings (SSSR count). The SMILES string of the molecule is Cc1ccc(NC(=O)Nc2nnc(N3CCC(C)CC3)s2)cc1Cl. The Morgan fingerprint density at radius 2 is 2.04 bits per heavy atom. The molecule has 1 aromatic carbocycles. The van der Waals surface area contributed by atoms with Crippen molar-refractivity contribution in [2.24, 2.45) is 5.92 Å². The molecule has 128 valence electrons. The Balaban J connectivity index is 1.57. The van der Waals surface area contributed by atoms with Gasteiger partial charge in [-0.3, -0.25) is 5.32 Å². The second-order valence-electron chi connectivity index (χ2n) is 6.10. The van der Waals surface area contributed by atoms with Crippen LogP contribution >= 0.6 is 22.9 Å². The van der Waals surface area contributed by atoms with Gasteiger partial charge in [-0.15, -0.1) is 10.2 Å². The highest BCUT2D eigenvalue weighted by Crippen LogP contribution is 2.28. The molecule has 0 saturated carbocycles. The van der Waals surface area contributed by atoms with Gasteiger partial charge in [0.25, 0.3) is 0 Å². The van der Waals surface area contributed by atoms with Gasteiger partial charge in [-0.25, -0.2) is 4.79 Å². The first-order valence-corrected chi connectivity index (χ1v) is 9.13. The van der Waals surface area contributed by atoms with Crippen LogP contribution in [0.5, 0.6) is 0 Å². The molecular weight excluding hydrogens is 346 g/mol. The summed E-state index contributed by atoms with van der Waals surface area (Å²) in [6, 6.07) is 5.03. The standard InChI is InChI=1S/C16H20ClN5OS/c1-10-5-7-22(8-6-10)16-21-20-15(24-16)19-14(23)18-12-4-3-11(2)13(17)9-12/h3-4,9-10H,5-8H2,1-2H3,(H2,18,19,20,23). The molecule has 0 radical (unpaired) electrons. The van der Waals surface area contributed by atoms with Crippen LogP contribution < -0.4 is 15.5 Å². The van der Waals surface area contributed by atoms with Gasteiger partial charge in [0.15, 0.2) is 0 Å². The number of anilines is 3. The third-order valence-corrected chi connectivity index (χ3v) is 5.43. The molecule has 6 nitrogen and oxygen atoms in total. The average molecular weight is 366 g/mol. The molecule has 2 N–H and O–H groups in total. The molecule has 0 unspecified atom stereocenters. The van der Waals surface area contributed by atoms with Crippen LogP contribution in [0.1, 0.15) is 25.3 Å². The van der Waals surface area contributed by atoms with E-state index in [4.69, 9.17) is 11.6 Å². The molecule has 0 spiro atoms. The van der Waals surface area contributed by atoms with E-state index in [9.17, 15) is 4.79 Å². The normalized spacial score (nSPS) is 15.4. The number of urea groups is 1. The molecule has 1 aliphatic rings. The quantitative estimate of drug-likeness (QED) is 0.846. The van der Waals surface area contributed by atoms with Gasteiger partial charge in [0.1, 0.15) is 0 Å². The minimum atomic E-state index is -0.357. The summed E-state index contributed by atoms with van der Waals surface area (Å²) in [5.74, 6) is 0.763. The van der Waals surface area contributed by atoms with Crippen LogP contribution in [0.3, 0.4) is 0 Å². The maximum atomic E-state index is 12.1. The molecule has 8 heteroatoms. The van der Waals surface area contributed by atoms with Crippen molar-refractivity contribution in [3.8, 4) is 0 Å². The van der Waals surface area contributed by atoms with Gasteiger partial charge < -0.3 is 10.2 Å². The van der Waals surface area contributed by atoms with Gasteiger partial charge in [0, 0.05) is 23.8 Å². The van der Waals surface area contributed by atoms with Crippen molar-refractivity contribution in [3.63, 3.8) is 0 Å². The van der Waals surface area contributed by atoms with E-state index in [0.717, 1.165) is 42.5 Å². The minimum absolute atomic E-state index is 0.357. The lowest BCUT2D eigenvalue weighted by Crippen LogP contribution is -2.32. The van der Waals surface area contributed by atoms with Crippen LogP contribution in [0.15, 0.2) is 18.2 Å². The van der Waals surface area contributed by atoms with Crippen molar-refractivity contribution < 1.29 is 4.79 Å². The number of aryl methyl sites for hydroxylation is 1. The Morgan fingerprint density at radius 3 is 2.75 bits per heavy atom. The molecule has 2 heterocycles. The van der Waals surface area contributed by atoms with E-state index in [2.05, 4.69) is 32.7 Å². The van der Waals surface area contributed by atoms with E-state index in [0.29, 0.717) is 15.8 Å². The summed E-state index contributed by atoms with van der Waals surface area (Å²) in [4.78, 5) is 14.3. The van der Waals surface area contributed by atoms with E-state index in [1.165, 1.54) is 11.3 Å². The number of hydrogen-bond donors (Lipinski definition) is 2. The predicted molar refractivity (Wildman–Crippen MR) is 99.4 cm³/mol. The van der Waals surface area contributed by atoms with E-state index in [1.807, 2.05) is 13.0 Å². The lowest BCUT2D eigenvalue weighted by atomic mass is 10.00. The highest BCUT2D eigenvalue weighted by atomic mass is 35.5. The van der Waals surface area contributed by atoms with Crippen LogP contribution in [0.2, 0.25) is 5.02 Å². The summed E-state index contributed by atoms with van der Waals surface area (Å²) >= 11 is 7.45. The summed E-state index contributed by atoms with van der Waals surface area (Å²) in [6.07, 6.45) is 2.33. The lowest BCUT2D eigenvalue weighted by molar-refractivity contribution is 0.262. The average Bonchev–Trinajstić information content (AvgIpc) is 3.00. The molecular formula is C16H20ClN5OS. The van der Waals surface area contributed by atoms with E-state index < -0.39 is 0 Å². The fraction of sp³-hybridized carbons (Fsp3) is 0.438. The fourth-order valence-corrected chi connectivity index (χ4v) is 3.50. The molecule has 2 amide bonds. The number of carbonyl (C=O) groups excluding carboxylic acids is 1. The van der Waals surface area contributed by atoms with Gasteiger partial charge in [-0.1, -0.05) is 35.9 Å². The van der Waals surface area contributed by atoms with Crippen LogP contribution in [-0.4, -0.2) is 29.3 Å². The van der Waals surface area contributed by atoms with Crippen molar-refractivity contribution in [2.45, 2.75) is 26.7 Å². The van der Waals surface area contributed by atoms with Crippen molar-refractivity contribution in [1.82, 2.24) is 10.2 Å². The summed E-state index contributed by atoms with van der Waals surface area (Å²) < 4.78 is 0. The molecule has 0 aliphatic carbocycles. The van der Waals surface area contributed by atoms with Crippen LogP contribution in [0.4, 0.5) is 20.7 Å². The Bertz CT molecular complexity index is 727. The van der Waals surface area contributed by atoms with Gasteiger partial charge >= 0.3 is 6.03 Å². The lowest BCUT2D eigenvalue weighted by Gasteiger charge is -2.29. The van der Waals surface area contributed by atoms with Crippen molar-refractivity contribution in [2.75, 3.05) is 28.6 Å². The molecule has 1 aromatic heterocycles. The first-order chi connectivity index (χ1) is 11.5. The van der Waals surface area contributed by atoms with Crippen molar-refractivity contribution in [3.05, 3.63) is 28.8 Å². The largest absolute Gasteiger partial charge is 0.347 e. The summed E-state index contributed by atoms with van der Waals surface area (Å²) in [6.45, 7) is 6.16. The summed E-state index contributed by atoms with van der Waals surface area (Å²) in [7, 11) is 0. The Hall–Kier alpha value is -1.86. The second kappa shape index (κ2) is 7.36. The topological polar surface area (TPSA) is 70.1 Å². The third kappa shape index (κ3) is 4.15. The number of benzene rings is 1. The smallest absolute Gasteiger partial charge is 0.325 e. The zero-order chi connectivity index (χ0) is 17.1. The van der Waals surface area contributed by atoms with Crippen LogP contribution in [-0.2, 0) is 0 Å². The van der Waals surface area contributed by atoms with E-state index in [1.54, 1.807) is 12.1 Å². The Kier molecular flexibility index (Phi) is 5.20. The molecule has 2 aromatic rings. The maximum Gasteiger partial charge on any atom is 0.325 e. The summed E-state index contributed by atoms with van der Waals surface area (Å²) in [5, 5.41) is 15.7. The number of halogens is 1. The maximum absolute atomic E-state index is 12.1. The predicted octanol–water partition coefficient (Wildman–Crippen LogP) is 4.38. The van der Waals surface area contributed by atoms with Gasteiger partial charge in [0.2, 0.25) is 10.3 Å². The van der Waals surface area contributed by atoms with Crippen molar-refractivity contribution in [1.29, 1.82) is 0 Å². The number of piperidine rings is 1. The Morgan fingerprint density at radius 1 is 1.29 bits per heavy atom. The number of nitrogens with one attached hydrogen (secondary N) is 2. The van der Waals surface area contributed by atoms with Gasteiger partial charge in [-0.2, -0.15) is 0 Å². The molecule has 1 saturated heterocycles. The van der Waals surface area contributed by atoms with Crippen molar-refractivity contribution >= 4 is 44.9 Å². The van der Waals surface area contributed by atoms with E-state index in [-0.39, 0.29) is 6.03 Å². The number of hydrogen-bond acceptors (Lipinski definition) is 5. The third-order valence-electron chi connectivity index (χ3n) is 4.12.